The van der Waals surface area contributed by atoms with E-state index in [1.807, 2.05) is 60.7 Å². The van der Waals surface area contributed by atoms with Crippen LogP contribution in [0.15, 0.2) is 146 Å². The average Bonchev–Trinajstić information content (AvgIpc) is 3.08. The van der Waals surface area contributed by atoms with Crippen molar-refractivity contribution in [3.05, 3.63) is 146 Å². The molecule has 0 spiro atoms. The molecule has 4 nitrogen and oxygen atoms in total. The number of rotatable bonds is 4. The van der Waals surface area contributed by atoms with Gasteiger partial charge in [-0.25, -0.2) is 19.9 Å². The van der Waals surface area contributed by atoms with Crippen LogP contribution in [0.1, 0.15) is 0 Å². The molecule has 4 heteroatoms. The third-order valence-electron chi connectivity index (χ3n) is 7.67. The van der Waals surface area contributed by atoms with Crippen LogP contribution in [-0.2, 0) is 0 Å². The zero-order valence-corrected chi connectivity index (χ0v) is 22.6. The Balaban J connectivity index is 1.26. The van der Waals surface area contributed by atoms with Crippen molar-refractivity contribution in [3.63, 3.8) is 0 Å². The summed E-state index contributed by atoms with van der Waals surface area (Å²) in [6, 6.07) is 49.7. The highest BCUT2D eigenvalue weighted by Crippen LogP contribution is 2.35. The maximum atomic E-state index is 4.99. The fraction of sp³-hybridized carbons (Fsp3) is 0. The molecule has 0 unspecified atom stereocenters. The monoisotopic (exact) mass is 536 g/mol. The summed E-state index contributed by atoms with van der Waals surface area (Å²) in [5.41, 5.74) is 10.7. The van der Waals surface area contributed by atoms with Crippen LogP contribution in [0.4, 0.5) is 0 Å². The molecule has 2 aromatic heterocycles. The Morgan fingerprint density at radius 3 is 1.50 bits per heavy atom. The Kier molecular flexibility index (Phi) is 5.75. The van der Waals surface area contributed by atoms with E-state index in [0.717, 1.165) is 72.0 Å². The summed E-state index contributed by atoms with van der Waals surface area (Å²) in [4.78, 5) is 19.9. The second-order valence-electron chi connectivity index (χ2n) is 10.3. The first kappa shape index (κ1) is 24.1. The number of aromatic nitrogens is 4. The molecular formula is C38H24N4. The Hall–Kier alpha value is -5.74. The minimum atomic E-state index is 0.697. The average molecular weight is 537 g/mol. The third-order valence-corrected chi connectivity index (χ3v) is 7.67. The van der Waals surface area contributed by atoms with E-state index in [2.05, 4.69) is 84.9 Å². The van der Waals surface area contributed by atoms with Crippen LogP contribution in [0, 0.1) is 0 Å². The molecular weight excluding hydrogens is 512 g/mol. The van der Waals surface area contributed by atoms with Crippen molar-refractivity contribution in [1.82, 2.24) is 19.9 Å². The number of nitrogens with zero attached hydrogens (tertiary/aromatic N) is 4. The molecule has 0 atom stereocenters. The zero-order valence-electron chi connectivity index (χ0n) is 22.6. The van der Waals surface area contributed by atoms with E-state index in [1.54, 1.807) is 0 Å². The Bertz CT molecular complexity index is 2170. The lowest BCUT2D eigenvalue weighted by atomic mass is 9.96. The maximum absolute atomic E-state index is 4.99. The van der Waals surface area contributed by atoms with Gasteiger partial charge in [-0.15, -0.1) is 0 Å². The number of fused-ring (bicyclic) bond motifs is 4. The quantitative estimate of drug-likeness (QED) is 0.166. The normalized spacial score (nSPS) is 11.3. The first-order chi connectivity index (χ1) is 20.8. The predicted molar refractivity (Wildman–Crippen MR) is 172 cm³/mol. The third kappa shape index (κ3) is 4.27. The highest BCUT2D eigenvalue weighted by Gasteiger charge is 2.14. The van der Waals surface area contributed by atoms with Crippen LogP contribution in [-0.4, -0.2) is 19.9 Å². The van der Waals surface area contributed by atoms with Crippen molar-refractivity contribution < 1.29 is 0 Å². The molecule has 6 aromatic carbocycles. The summed E-state index contributed by atoms with van der Waals surface area (Å²) in [5, 5.41) is 2.25. The largest absolute Gasteiger partial charge is 0.244 e. The van der Waals surface area contributed by atoms with Crippen LogP contribution >= 0.6 is 0 Å². The molecule has 0 N–H and O–H groups in total. The standard InChI is InChI=1S/C38H24N4/c1-3-11-26(12-4-1)34-24-35(27-13-5-2-6-14-27)42-38(41-34)28-21-19-25(20-22-28)31-23-36-37(30-16-8-7-15-29(30)31)40-33-18-10-9-17-32(33)39-36/h1-24H. The van der Waals surface area contributed by atoms with E-state index in [9.17, 15) is 0 Å². The second kappa shape index (κ2) is 10.0. The Labute approximate surface area is 243 Å². The van der Waals surface area contributed by atoms with E-state index in [4.69, 9.17) is 19.9 Å². The van der Waals surface area contributed by atoms with Crippen molar-refractivity contribution in [2.45, 2.75) is 0 Å². The van der Waals surface area contributed by atoms with Gasteiger partial charge in [-0.2, -0.15) is 0 Å². The van der Waals surface area contributed by atoms with E-state index in [-0.39, 0.29) is 0 Å². The van der Waals surface area contributed by atoms with Gasteiger partial charge in [0, 0.05) is 22.1 Å². The van der Waals surface area contributed by atoms with Gasteiger partial charge in [0.25, 0.3) is 0 Å². The summed E-state index contributed by atoms with van der Waals surface area (Å²) in [5.74, 6) is 0.697. The number of hydrogen-bond donors (Lipinski definition) is 0. The maximum Gasteiger partial charge on any atom is 0.160 e. The van der Waals surface area contributed by atoms with E-state index >= 15 is 0 Å². The molecule has 0 aliphatic heterocycles. The molecule has 0 fully saturated rings. The van der Waals surface area contributed by atoms with Crippen molar-refractivity contribution in [2.75, 3.05) is 0 Å². The summed E-state index contributed by atoms with van der Waals surface area (Å²) in [6.07, 6.45) is 0. The van der Waals surface area contributed by atoms with Gasteiger partial charge >= 0.3 is 0 Å². The van der Waals surface area contributed by atoms with Crippen molar-refractivity contribution in [2.24, 2.45) is 0 Å². The topological polar surface area (TPSA) is 51.6 Å². The SMILES string of the molecule is c1ccc(-c2cc(-c3ccccc3)nc(-c3ccc(-c4cc5nc6ccccc6nc5c5ccccc45)cc3)n2)cc1. The van der Waals surface area contributed by atoms with Crippen LogP contribution in [0.25, 0.3) is 77.9 Å². The minimum Gasteiger partial charge on any atom is -0.244 e. The van der Waals surface area contributed by atoms with Gasteiger partial charge in [0.2, 0.25) is 0 Å². The highest BCUT2D eigenvalue weighted by atomic mass is 14.9. The number of hydrogen-bond acceptors (Lipinski definition) is 4. The highest BCUT2D eigenvalue weighted by molar-refractivity contribution is 6.12. The molecule has 2 heterocycles. The van der Waals surface area contributed by atoms with E-state index in [0.29, 0.717) is 5.82 Å². The lowest BCUT2D eigenvalue weighted by molar-refractivity contribution is 1.18. The van der Waals surface area contributed by atoms with Gasteiger partial charge in [0.15, 0.2) is 5.82 Å². The molecule has 0 saturated heterocycles. The van der Waals surface area contributed by atoms with E-state index < -0.39 is 0 Å². The summed E-state index contributed by atoms with van der Waals surface area (Å²) < 4.78 is 0. The summed E-state index contributed by atoms with van der Waals surface area (Å²) in [7, 11) is 0. The molecule has 196 valence electrons. The van der Waals surface area contributed by atoms with Crippen molar-refractivity contribution in [1.29, 1.82) is 0 Å². The van der Waals surface area contributed by atoms with Crippen LogP contribution in [0.3, 0.4) is 0 Å². The van der Waals surface area contributed by atoms with Gasteiger partial charge in [-0.05, 0) is 40.8 Å². The molecule has 0 aliphatic rings. The Morgan fingerprint density at radius 2 is 0.857 bits per heavy atom. The molecule has 8 aromatic rings. The number of para-hydroxylation sites is 2. The predicted octanol–water partition coefficient (Wildman–Crippen LogP) is 9.39. The zero-order chi connectivity index (χ0) is 27.9. The van der Waals surface area contributed by atoms with Gasteiger partial charge in [0.05, 0.1) is 33.5 Å². The van der Waals surface area contributed by atoms with E-state index in [1.165, 1.54) is 0 Å². The second-order valence-corrected chi connectivity index (χ2v) is 10.3. The van der Waals surface area contributed by atoms with Gasteiger partial charge in [-0.1, -0.05) is 121 Å². The smallest absolute Gasteiger partial charge is 0.160 e. The minimum absolute atomic E-state index is 0.697. The molecule has 8 rings (SSSR count). The fourth-order valence-electron chi connectivity index (χ4n) is 5.58. The van der Waals surface area contributed by atoms with Crippen LogP contribution in [0.5, 0.6) is 0 Å². The van der Waals surface area contributed by atoms with Gasteiger partial charge in [-0.3, -0.25) is 0 Å². The Morgan fingerprint density at radius 1 is 0.333 bits per heavy atom. The summed E-state index contributed by atoms with van der Waals surface area (Å²) >= 11 is 0. The molecule has 0 aliphatic carbocycles. The van der Waals surface area contributed by atoms with Gasteiger partial charge in [0.1, 0.15) is 0 Å². The van der Waals surface area contributed by atoms with Crippen molar-refractivity contribution >= 4 is 32.8 Å². The first-order valence-electron chi connectivity index (χ1n) is 14.0. The van der Waals surface area contributed by atoms with Crippen molar-refractivity contribution in [3.8, 4) is 45.0 Å². The molecule has 0 amide bonds. The molecule has 0 radical (unpaired) electrons. The lowest BCUT2D eigenvalue weighted by Crippen LogP contribution is -1.96. The van der Waals surface area contributed by atoms with Gasteiger partial charge < -0.3 is 0 Å². The van der Waals surface area contributed by atoms with Crippen LogP contribution < -0.4 is 0 Å². The van der Waals surface area contributed by atoms with Crippen LogP contribution in [0.2, 0.25) is 0 Å². The fourth-order valence-corrected chi connectivity index (χ4v) is 5.58. The molecule has 0 bridgehead atoms. The summed E-state index contributed by atoms with van der Waals surface area (Å²) in [6.45, 7) is 0. The lowest BCUT2D eigenvalue weighted by Gasteiger charge is -2.12. The molecule has 0 saturated carbocycles. The number of benzene rings is 6. The first-order valence-corrected chi connectivity index (χ1v) is 14.0. The molecule has 42 heavy (non-hydrogen) atoms.